The van der Waals surface area contributed by atoms with Crippen LogP contribution in [0.1, 0.15) is 0 Å². The Hall–Kier alpha value is -6.23. The van der Waals surface area contributed by atoms with Crippen LogP contribution in [0.15, 0.2) is 158 Å². The summed E-state index contributed by atoms with van der Waals surface area (Å²) in [6.07, 6.45) is 0. The summed E-state index contributed by atoms with van der Waals surface area (Å²) < 4.78 is 3.59. The molecule has 1 N–H and O–H groups in total. The van der Waals surface area contributed by atoms with E-state index < -0.39 is 0 Å². The van der Waals surface area contributed by atoms with Crippen molar-refractivity contribution < 1.29 is 0 Å². The zero-order chi connectivity index (χ0) is 32.1. The maximum absolute atomic E-state index is 4.99. The van der Waals surface area contributed by atoms with Gasteiger partial charge in [-0.2, -0.15) is 0 Å². The first kappa shape index (κ1) is 26.8. The molecule has 4 heteroatoms. The number of imidazole rings is 1. The maximum atomic E-state index is 4.99. The van der Waals surface area contributed by atoms with Gasteiger partial charge in [-0.3, -0.25) is 4.40 Å². The monoisotopic (exact) mass is 641 g/mol. The Morgan fingerprint density at radius 2 is 1.10 bits per heavy atom. The highest BCUT2D eigenvalue weighted by Gasteiger charge is 2.16. The van der Waals surface area contributed by atoms with Crippen LogP contribution in [-0.2, 0) is 0 Å². The lowest BCUT2D eigenvalue weighted by atomic mass is 9.91. The largest absolute Gasteiger partial charge is 0.355 e. The lowest BCUT2D eigenvalue weighted by Gasteiger charge is -2.13. The van der Waals surface area contributed by atoms with Gasteiger partial charge in [0.05, 0.1) is 21.3 Å². The second kappa shape index (κ2) is 10.1. The minimum Gasteiger partial charge on any atom is -0.355 e. The van der Waals surface area contributed by atoms with Crippen molar-refractivity contribution in [1.82, 2.24) is 14.4 Å². The molecule has 3 aromatic heterocycles. The van der Waals surface area contributed by atoms with E-state index in [4.69, 9.17) is 4.98 Å². The van der Waals surface area contributed by atoms with E-state index in [2.05, 4.69) is 167 Å². The Bertz CT molecular complexity index is 3110. The molecule has 8 aromatic carbocycles. The number of nitrogens with zero attached hydrogens (tertiary/aromatic N) is 2. The number of rotatable bonds is 3. The van der Waals surface area contributed by atoms with Gasteiger partial charge in [-0.05, 0) is 110 Å². The van der Waals surface area contributed by atoms with Crippen molar-refractivity contribution in [2.45, 2.75) is 0 Å². The van der Waals surface area contributed by atoms with Crippen LogP contribution in [0.2, 0.25) is 0 Å². The summed E-state index contributed by atoms with van der Waals surface area (Å²) in [6, 6.07) is 57.5. The fourth-order valence-electron chi connectivity index (χ4n) is 7.74. The SMILES string of the molecule is c1ccc(-c2cc(-c3ccc4[nH]c5ccccc5c4c3)cc(-c3ccc4ccc5ccc6c(sc7nc8ccccc8n76)c5c4c3)c2)cc1. The van der Waals surface area contributed by atoms with Crippen LogP contribution in [0.25, 0.3) is 103 Å². The number of thiazole rings is 1. The summed E-state index contributed by atoms with van der Waals surface area (Å²) in [7, 11) is 0. The second-order valence-electron chi connectivity index (χ2n) is 12.9. The van der Waals surface area contributed by atoms with Gasteiger partial charge in [-0.25, -0.2) is 4.98 Å². The molecule has 0 fully saturated rings. The fraction of sp³-hybridized carbons (Fsp3) is 0. The van der Waals surface area contributed by atoms with Gasteiger partial charge in [0.25, 0.3) is 0 Å². The van der Waals surface area contributed by atoms with Gasteiger partial charge in [-0.15, -0.1) is 0 Å². The third kappa shape index (κ3) is 4.05. The smallest absolute Gasteiger partial charge is 0.195 e. The van der Waals surface area contributed by atoms with Crippen molar-refractivity contribution in [3.63, 3.8) is 0 Å². The third-order valence-electron chi connectivity index (χ3n) is 10.1. The van der Waals surface area contributed by atoms with Crippen molar-refractivity contribution in [2.75, 3.05) is 0 Å². The molecule has 228 valence electrons. The highest BCUT2D eigenvalue weighted by Crippen LogP contribution is 2.41. The maximum Gasteiger partial charge on any atom is 0.195 e. The number of para-hydroxylation sites is 3. The van der Waals surface area contributed by atoms with E-state index >= 15 is 0 Å². The zero-order valence-electron chi connectivity index (χ0n) is 26.3. The van der Waals surface area contributed by atoms with E-state index in [0.717, 1.165) is 27.0 Å². The molecule has 0 bridgehead atoms. The summed E-state index contributed by atoms with van der Waals surface area (Å²) in [6.45, 7) is 0. The normalized spacial score (nSPS) is 12.1. The summed E-state index contributed by atoms with van der Waals surface area (Å²) >= 11 is 1.78. The molecule has 49 heavy (non-hydrogen) atoms. The van der Waals surface area contributed by atoms with Crippen molar-refractivity contribution in [3.05, 3.63) is 158 Å². The summed E-state index contributed by atoms with van der Waals surface area (Å²) in [5.74, 6) is 0. The Morgan fingerprint density at radius 1 is 0.449 bits per heavy atom. The molecule has 0 radical (unpaired) electrons. The van der Waals surface area contributed by atoms with Gasteiger partial charge < -0.3 is 4.98 Å². The average molecular weight is 642 g/mol. The molecule has 3 heterocycles. The molecular weight excluding hydrogens is 615 g/mol. The standard InChI is InChI=1S/C45H27N3S/c1-2-8-27(9-3-1)32-22-33(24-34(23-32)31-18-20-39-37(26-31)35-10-4-5-11-38(35)46-39)30-17-15-28-14-16-29-19-21-42-44(43(29)36(28)25-30)49-45-47-40-12-6-7-13-41(40)48(42)45/h1-26,46H. The predicted molar refractivity (Wildman–Crippen MR) is 209 cm³/mol. The first-order valence-electron chi connectivity index (χ1n) is 16.6. The van der Waals surface area contributed by atoms with Gasteiger partial charge in [0.2, 0.25) is 0 Å². The molecule has 0 atom stereocenters. The lowest BCUT2D eigenvalue weighted by Crippen LogP contribution is -1.87. The van der Waals surface area contributed by atoms with Crippen molar-refractivity contribution >= 4 is 80.9 Å². The Morgan fingerprint density at radius 3 is 1.98 bits per heavy atom. The topological polar surface area (TPSA) is 33.1 Å². The number of hydrogen-bond acceptors (Lipinski definition) is 2. The predicted octanol–water partition coefficient (Wildman–Crippen LogP) is 12.6. The van der Waals surface area contributed by atoms with Crippen LogP contribution < -0.4 is 0 Å². The molecule has 0 saturated carbocycles. The molecule has 0 aliphatic rings. The van der Waals surface area contributed by atoms with Crippen LogP contribution in [0.3, 0.4) is 0 Å². The van der Waals surface area contributed by atoms with Crippen LogP contribution in [0, 0.1) is 0 Å². The molecular formula is C45H27N3S. The average Bonchev–Trinajstić information content (AvgIpc) is 3.84. The molecule has 0 spiro atoms. The molecule has 0 aliphatic carbocycles. The zero-order valence-corrected chi connectivity index (χ0v) is 27.1. The first-order chi connectivity index (χ1) is 24.2. The van der Waals surface area contributed by atoms with Gasteiger partial charge in [0, 0.05) is 27.2 Å². The molecule has 0 unspecified atom stereocenters. The summed E-state index contributed by atoms with van der Waals surface area (Å²) in [5, 5.41) is 7.54. The Balaban J connectivity index is 1.15. The van der Waals surface area contributed by atoms with Crippen molar-refractivity contribution in [1.29, 1.82) is 0 Å². The van der Waals surface area contributed by atoms with Gasteiger partial charge in [0.1, 0.15) is 0 Å². The number of H-pyrrole nitrogens is 1. The third-order valence-corrected chi connectivity index (χ3v) is 11.2. The highest BCUT2D eigenvalue weighted by atomic mass is 32.1. The first-order valence-corrected chi connectivity index (χ1v) is 17.4. The van der Waals surface area contributed by atoms with Crippen molar-refractivity contribution in [3.8, 4) is 33.4 Å². The van der Waals surface area contributed by atoms with Gasteiger partial charge in [0.15, 0.2) is 4.96 Å². The van der Waals surface area contributed by atoms with E-state index in [1.807, 2.05) is 0 Å². The molecule has 0 aliphatic heterocycles. The van der Waals surface area contributed by atoms with Crippen LogP contribution in [0.5, 0.6) is 0 Å². The number of aromatic amines is 1. The Labute approximate surface area is 285 Å². The van der Waals surface area contributed by atoms with E-state index in [-0.39, 0.29) is 0 Å². The van der Waals surface area contributed by atoms with Crippen LogP contribution in [0.4, 0.5) is 0 Å². The minimum absolute atomic E-state index is 1.03. The second-order valence-corrected chi connectivity index (χ2v) is 13.9. The lowest BCUT2D eigenvalue weighted by molar-refractivity contribution is 1.35. The van der Waals surface area contributed by atoms with E-state index in [1.165, 1.54) is 75.9 Å². The fourth-order valence-corrected chi connectivity index (χ4v) is 8.95. The van der Waals surface area contributed by atoms with E-state index in [9.17, 15) is 0 Å². The number of benzene rings is 8. The van der Waals surface area contributed by atoms with Crippen molar-refractivity contribution in [2.24, 2.45) is 0 Å². The van der Waals surface area contributed by atoms with E-state index in [0.29, 0.717) is 0 Å². The number of fused-ring (bicyclic) bond motifs is 12. The summed E-state index contributed by atoms with van der Waals surface area (Å²) in [4.78, 5) is 9.61. The molecule has 0 saturated heterocycles. The van der Waals surface area contributed by atoms with E-state index in [1.54, 1.807) is 11.3 Å². The summed E-state index contributed by atoms with van der Waals surface area (Å²) in [5.41, 5.74) is 13.0. The molecule has 3 nitrogen and oxygen atoms in total. The quantitative estimate of drug-likeness (QED) is 0.191. The molecule has 0 amide bonds. The highest BCUT2D eigenvalue weighted by molar-refractivity contribution is 7.24. The van der Waals surface area contributed by atoms with Crippen LogP contribution in [-0.4, -0.2) is 14.4 Å². The minimum atomic E-state index is 1.03. The number of nitrogens with one attached hydrogen (secondary N) is 1. The molecule has 11 aromatic rings. The molecule has 11 rings (SSSR count). The van der Waals surface area contributed by atoms with Crippen LogP contribution >= 0.6 is 11.3 Å². The van der Waals surface area contributed by atoms with Gasteiger partial charge in [-0.1, -0.05) is 108 Å². The number of aromatic nitrogens is 3. The van der Waals surface area contributed by atoms with Gasteiger partial charge >= 0.3 is 0 Å². The number of hydrogen-bond donors (Lipinski definition) is 1. The Kier molecular flexibility index (Phi) is 5.54.